The van der Waals surface area contributed by atoms with Crippen LogP contribution in [-0.4, -0.2) is 20.5 Å². The number of Topliss-reactive ketones (excluding diaryl/α,β-unsaturated/α-hetero) is 1. The smallest absolute Gasteiger partial charge is 0.170 e. The van der Waals surface area contributed by atoms with Crippen molar-refractivity contribution in [3.05, 3.63) is 41.0 Å². The van der Waals surface area contributed by atoms with Gasteiger partial charge in [0.15, 0.2) is 11.6 Å². The number of benzene rings is 1. The normalized spacial score (nSPS) is 14.2. The molecular weight excluding hydrogens is 254 g/mol. The van der Waals surface area contributed by atoms with Gasteiger partial charge in [-0.3, -0.25) is 4.79 Å². The van der Waals surface area contributed by atoms with E-state index in [-0.39, 0.29) is 5.78 Å². The third kappa shape index (κ3) is 2.19. The molecule has 1 heterocycles. The van der Waals surface area contributed by atoms with E-state index in [1.165, 1.54) is 0 Å². The van der Waals surface area contributed by atoms with Gasteiger partial charge in [-0.15, -0.1) is 10.2 Å². The molecule has 0 radical (unpaired) electrons. The number of ketones is 1. The molecular formula is C15H17N3O2. The van der Waals surface area contributed by atoms with Crippen LogP contribution in [0.15, 0.2) is 18.2 Å². The van der Waals surface area contributed by atoms with Crippen LogP contribution in [0.4, 0.5) is 0 Å². The lowest BCUT2D eigenvalue weighted by Gasteiger charge is -2.18. The Morgan fingerprint density at radius 3 is 2.90 bits per heavy atom. The molecule has 0 aliphatic heterocycles. The second-order valence-electron chi connectivity index (χ2n) is 5.07. The molecule has 0 saturated heterocycles. The zero-order valence-corrected chi connectivity index (χ0v) is 11.7. The lowest BCUT2D eigenvalue weighted by Crippen LogP contribution is -2.13. The number of fused-ring (bicyclic) bond motifs is 1. The van der Waals surface area contributed by atoms with E-state index in [0.717, 1.165) is 41.4 Å². The van der Waals surface area contributed by atoms with Crippen molar-refractivity contribution >= 4 is 5.78 Å². The average molecular weight is 271 g/mol. The summed E-state index contributed by atoms with van der Waals surface area (Å²) in [5.74, 6) is 2.64. The van der Waals surface area contributed by atoms with Crippen LogP contribution in [0.5, 0.6) is 5.75 Å². The minimum atomic E-state index is 0.214. The van der Waals surface area contributed by atoms with Crippen molar-refractivity contribution in [2.24, 2.45) is 7.05 Å². The summed E-state index contributed by atoms with van der Waals surface area (Å²) in [5, 5.41) is 8.09. The van der Waals surface area contributed by atoms with Crippen LogP contribution < -0.4 is 4.74 Å². The Morgan fingerprint density at radius 2 is 2.15 bits per heavy atom. The van der Waals surface area contributed by atoms with Crippen LogP contribution in [0.25, 0.3) is 0 Å². The lowest BCUT2D eigenvalue weighted by atomic mass is 9.90. The third-order valence-electron chi connectivity index (χ3n) is 3.80. The number of carbonyl (C=O) groups excluding carboxylic acids is 1. The van der Waals surface area contributed by atoms with E-state index < -0.39 is 0 Å². The van der Waals surface area contributed by atoms with Crippen molar-refractivity contribution in [3.63, 3.8) is 0 Å². The Labute approximate surface area is 117 Å². The van der Waals surface area contributed by atoms with E-state index >= 15 is 0 Å². The number of hydrogen-bond acceptors (Lipinski definition) is 4. The lowest BCUT2D eigenvalue weighted by molar-refractivity contribution is 0.0971. The maximum Gasteiger partial charge on any atom is 0.170 e. The number of ether oxygens (including phenoxy) is 1. The molecule has 5 nitrogen and oxygen atoms in total. The Hall–Kier alpha value is -2.17. The first-order valence-corrected chi connectivity index (χ1v) is 6.79. The highest BCUT2D eigenvalue weighted by Crippen LogP contribution is 2.29. The van der Waals surface area contributed by atoms with E-state index in [1.54, 1.807) is 0 Å². The fourth-order valence-corrected chi connectivity index (χ4v) is 2.50. The van der Waals surface area contributed by atoms with Gasteiger partial charge >= 0.3 is 0 Å². The summed E-state index contributed by atoms with van der Waals surface area (Å²) in [6.45, 7) is 2.27. The predicted molar refractivity (Wildman–Crippen MR) is 73.8 cm³/mol. The van der Waals surface area contributed by atoms with Gasteiger partial charge in [0.25, 0.3) is 0 Å². The molecule has 0 spiro atoms. The summed E-state index contributed by atoms with van der Waals surface area (Å²) < 4.78 is 7.76. The Kier molecular flexibility index (Phi) is 3.26. The summed E-state index contributed by atoms with van der Waals surface area (Å²) in [7, 11) is 1.91. The Bertz CT molecular complexity index is 661. The standard InChI is InChI=1S/C15H17N3O2/c1-10-16-17-15(18(10)2)9-20-14-8-4-5-11-12(14)6-3-7-13(11)19/h4-5,8H,3,6-7,9H2,1-2H3. The van der Waals surface area contributed by atoms with E-state index in [9.17, 15) is 4.79 Å². The van der Waals surface area contributed by atoms with Crippen molar-refractivity contribution in [1.29, 1.82) is 0 Å². The van der Waals surface area contributed by atoms with Gasteiger partial charge in [0, 0.05) is 24.6 Å². The maximum absolute atomic E-state index is 11.9. The third-order valence-corrected chi connectivity index (χ3v) is 3.80. The highest BCUT2D eigenvalue weighted by molar-refractivity contribution is 5.99. The SMILES string of the molecule is Cc1nnc(COc2cccc3c2CCCC3=O)n1C. The maximum atomic E-state index is 11.9. The van der Waals surface area contributed by atoms with Gasteiger partial charge in [0.05, 0.1) is 0 Å². The first kappa shape index (κ1) is 12.8. The largest absolute Gasteiger partial charge is 0.485 e. The molecule has 0 N–H and O–H groups in total. The molecule has 5 heteroatoms. The van der Waals surface area contributed by atoms with Crippen LogP contribution >= 0.6 is 0 Å². The van der Waals surface area contributed by atoms with Gasteiger partial charge < -0.3 is 9.30 Å². The fourth-order valence-electron chi connectivity index (χ4n) is 2.50. The molecule has 1 aliphatic carbocycles. The van der Waals surface area contributed by atoms with Gasteiger partial charge in [-0.1, -0.05) is 12.1 Å². The second kappa shape index (κ2) is 5.07. The highest BCUT2D eigenvalue weighted by atomic mass is 16.5. The molecule has 0 unspecified atom stereocenters. The fraction of sp³-hybridized carbons (Fsp3) is 0.400. The molecule has 0 saturated carbocycles. The zero-order chi connectivity index (χ0) is 14.1. The molecule has 0 fully saturated rings. The summed E-state index contributed by atoms with van der Waals surface area (Å²) in [6.07, 6.45) is 2.43. The van der Waals surface area contributed by atoms with Crippen molar-refractivity contribution in [2.45, 2.75) is 32.8 Å². The van der Waals surface area contributed by atoms with Crippen LogP contribution in [-0.2, 0) is 20.1 Å². The topological polar surface area (TPSA) is 57.0 Å². The van der Waals surface area contributed by atoms with Gasteiger partial charge in [0.1, 0.15) is 18.2 Å². The van der Waals surface area contributed by atoms with Crippen molar-refractivity contribution in [1.82, 2.24) is 14.8 Å². The molecule has 3 rings (SSSR count). The quantitative estimate of drug-likeness (QED) is 0.859. The molecule has 0 amide bonds. The predicted octanol–water partition coefficient (Wildman–Crippen LogP) is 2.22. The monoisotopic (exact) mass is 271 g/mol. The zero-order valence-electron chi connectivity index (χ0n) is 11.7. The number of aromatic nitrogens is 3. The number of carbonyl (C=O) groups is 1. The first-order chi connectivity index (χ1) is 9.66. The molecule has 2 aromatic rings. The van der Waals surface area contributed by atoms with Gasteiger partial charge in [-0.25, -0.2) is 0 Å². The van der Waals surface area contributed by atoms with Gasteiger partial charge in [-0.2, -0.15) is 0 Å². The summed E-state index contributed by atoms with van der Waals surface area (Å²) in [5.41, 5.74) is 1.84. The van der Waals surface area contributed by atoms with Crippen molar-refractivity contribution in [2.75, 3.05) is 0 Å². The van der Waals surface area contributed by atoms with E-state index in [0.29, 0.717) is 13.0 Å². The number of nitrogens with zero attached hydrogens (tertiary/aromatic N) is 3. The molecule has 0 bridgehead atoms. The van der Waals surface area contributed by atoms with Crippen LogP contribution in [0.1, 0.15) is 40.4 Å². The van der Waals surface area contributed by atoms with Crippen LogP contribution in [0, 0.1) is 6.92 Å². The minimum absolute atomic E-state index is 0.214. The van der Waals surface area contributed by atoms with E-state index in [1.807, 2.05) is 36.7 Å². The Morgan fingerprint density at radius 1 is 1.30 bits per heavy atom. The summed E-state index contributed by atoms with van der Waals surface area (Å²) in [6, 6.07) is 5.68. The van der Waals surface area contributed by atoms with E-state index in [4.69, 9.17) is 4.74 Å². The second-order valence-corrected chi connectivity index (χ2v) is 5.07. The molecule has 1 aromatic carbocycles. The van der Waals surface area contributed by atoms with Gasteiger partial charge in [0.2, 0.25) is 0 Å². The van der Waals surface area contributed by atoms with Crippen molar-refractivity contribution < 1.29 is 9.53 Å². The molecule has 0 atom stereocenters. The molecule has 1 aromatic heterocycles. The number of rotatable bonds is 3. The van der Waals surface area contributed by atoms with E-state index in [2.05, 4.69) is 10.2 Å². The van der Waals surface area contributed by atoms with Crippen LogP contribution in [0.3, 0.4) is 0 Å². The summed E-state index contributed by atoms with van der Waals surface area (Å²) in [4.78, 5) is 11.9. The summed E-state index contributed by atoms with van der Waals surface area (Å²) >= 11 is 0. The number of hydrogen-bond donors (Lipinski definition) is 0. The van der Waals surface area contributed by atoms with Crippen LogP contribution in [0.2, 0.25) is 0 Å². The molecule has 104 valence electrons. The molecule has 1 aliphatic rings. The highest BCUT2D eigenvalue weighted by Gasteiger charge is 2.20. The van der Waals surface area contributed by atoms with Crippen molar-refractivity contribution in [3.8, 4) is 5.75 Å². The average Bonchev–Trinajstić information content (AvgIpc) is 2.77. The minimum Gasteiger partial charge on any atom is -0.485 e. The number of aryl methyl sites for hydroxylation is 1. The van der Waals surface area contributed by atoms with Gasteiger partial charge in [-0.05, 0) is 25.8 Å². The first-order valence-electron chi connectivity index (χ1n) is 6.79. The Balaban J connectivity index is 1.83. The molecule has 20 heavy (non-hydrogen) atoms.